The molecule has 33 heavy (non-hydrogen) atoms. The Morgan fingerprint density at radius 1 is 0.970 bits per heavy atom. The molecule has 1 heterocycles. The summed E-state index contributed by atoms with van der Waals surface area (Å²) in [5.41, 5.74) is 4.03. The Morgan fingerprint density at radius 3 is 2.42 bits per heavy atom. The van der Waals surface area contributed by atoms with Crippen LogP contribution in [0.25, 0.3) is 11.4 Å². The summed E-state index contributed by atoms with van der Waals surface area (Å²) in [6.07, 6.45) is 0. The molecular formula is C26H26N4O2S. The van der Waals surface area contributed by atoms with Crippen LogP contribution in [0.1, 0.15) is 18.1 Å². The first-order valence-corrected chi connectivity index (χ1v) is 11.8. The number of thioether (sulfide) groups is 1. The summed E-state index contributed by atoms with van der Waals surface area (Å²) in [6, 6.07) is 25.5. The van der Waals surface area contributed by atoms with E-state index in [9.17, 15) is 4.79 Å². The molecule has 7 heteroatoms. The molecule has 1 aromatic heterocycles. The van der Waals surface area contributed by atoms with Crippen molar-refractivity contribution in [1.82, 2.24) is 14.8 Å². The number of rotatable bonds is 9. The van der Waals surface area contributed by atoms with Gasteiger partial charge in [-0.2, -0.15) is 0 Å². The van der Waals surface area contributed by atoms with E-state index in [2.05, 4.69) is 35.4 Å². The summed E-state index contributed by atoms with van der Waals surface area (Å²) in [5, 5.41) is 12.4. The third-order valence-electron chi connectivity index (χ3n) is 5.14. The van der Waals surface area contributed by atoms with E-state index in [0.717, 1.165) is 45.7 Å². The molecule has 0 fully saturated rings. The van der Waals surface area contributed by atoms with Crippen LogP contribution in [0.3, 0.4) is 0 Å². The maximum Gasteiger partial charge on any atom is 0.234 e. The van der Waals surface area contributed by atoms with Gasteiger partial charge in [-0.15, -0.1) is 10.2 Å². The normalized spacial score (nSPS) is 10.7. The van der Waals surface area contributed by atoms with Gasteiger partial charge >= 0.3 is 0 Å². The standard InChI is InChI=1S/C26H26N4O2S/c1-3-30-25(23-12-8-7-9-19(23)2)28-29-26(30)33-18-24(31)27-21-13-15-22(16-14-21)32-17-20-10-5-4-6-11-20/h4-16H,3,17-18H2,1-2H3,(H,27,31). The Labute approximate surface area is 198 Å². The van der Waals surface area contributed by atoms with E-state index >= 15 is 0 Å². The lowest BCUT2D eigenvalue weighted by Gasteiger charge is -2.10. The molecule has 168 valence electrons. The number of nitrogens with one attached hydrogen (secondary N) is 1. The maximum atomic E-state index is 12.5. The van der Waals surface area contributed by atoms with E-state index in [-0.39, 0.29) is 11.7 Å². The van der Waals surface area contributed by atoms with Crippen LogP contribution in [0.15, 0.2) is 84.0 Å². The molecule has 0 aliphatic heterocycles. The summed E-state index contributed by atoms with van der Waals surface area (Å²) >= 11 is 1.38. The van der Waals surface area contributed by atoms with Crippen molar-refractivity contribution in [2.24, 2.45) is 0 Å². The minimum atomic E-state index is -0.0963. The molecular weight excluding hydrogens is 432 g/mol. The van der Waals surface area contributed by atoms with Gasteiger partial charge in [0, 0.05) is 17.8 Å². The molecule has 0 radical (unpaired) electrons. The van der Waals surface area contributed by atoms with Gasteiger partial charge in [0.15, 0.2) is 11.0 Å². The first-order chi connectivity index (χ1) is 16.1. The van der Waals surface area contributed by atoms with Crippen LogP contribution in [-0.2, 0) is 17.9 Å². The van der Waals surface area contributed by atoms with Gasteiger partial charge in [0.1, 0.15) is 12.4 Å². The second-order valence-corrected chi connectivity index (χ2v) is 8.44. The number of aryl methyl sites for hydroxylation is 1. The number of benzene rings is 3. The molecule has 4 rings (SSSR count). The summed E-state index contributed by atoms with van der Waals surface area (Å²) < 4.78 is 7.84. The van der Waals surface area contributed by atoms with Gasteiger partial charge in [-0.1, -0.05) is 66.4 Å². The zero-order chi connectivity index (χ0) is 23.0. The van der Waals surface area contributed by atoms with Crippen LogP contribution in [0, 0.1) is 6.92 Å². The van der Waals surface area contributed by atoms with E-state index in [4.69, 9.17) is 4.74 Å². The second kappa shape index (κ2) is 10.8. The monoisotopic (exact) mass is 458 g/mol. The quantitative estimate of drug-likeness (QED) is 0.332. The Kier molecular flexibility index (Phi) is 7.42. The largest absolute Gasteiger partial charge is 0.489 e. The summed E-state index contributed by atoms with van der Waals surface area (Å²) in [4.78, 5) is 12.5. The fourth-order valence-corrected chi connectivity index (χ4v) is 4.21. The Bertz CT molecular complexity index is 1210. The molecule has 1 amide bonds. The van der Waals surface area contributed by atoms with Crippen molar-refractivity contribution in [3.05, 3.63) is 90.0 Å². The minimum Gasteiger partial charge on any atom is -0.489 e. The minimum absolute atomic E-state index is 0.0963. The highest BCUT2D eigenvalue weighted by atomic mass is 32.2. The van der Waals surface area contributed by atoms with Crippen LogP contribution >= 0.6 is 11.8 Å². The molecule has 0 spiro atoms. The smallest absolute Gasteiger partial charge is 0.234 e. The molecule has 0 saturated heterocycles. The van der Waals surface area contributed by atoms with Crippen molar-refractivity contribution in [1.29, 1.82) is 0 Å². The zero-order valence-corrected chi connectivity index (χ0v) is 19.5. The van der Waals surface area contributed by atoms with E-state index in [1.165, 1.54) is 11.8 Å². The first-order valence-electron chi connectivity index (χ1n) is 10.8. The van der Waals surface area contributed by atoms with Crippen LogP contribution in [0.4, 0.5) is 5.69 Å². The SMILES string of the molecule is CCn1c(SCC(=O)Nc2ccc(OCc3ccccc3)cc2)nnc1-c1ccccc1C. The van der Waals surface area contributed by atoms with Gasteiger partial charge in [-0.25, -0.2) is 0 Å². The van der Waals surface area contributed by atoms with Crippen molar-refractivity contribution in [2.45, 2.75) is 32.2 Å². The van der Waals surface area contributed by atoms with Gasteiger partial charge in [0.2, 0.25) is 5.91 Å². The molecule has 1 N–H and O–H groups in total. The van der Waals surface area contributed by atoms with E-state index < -0.39 is 0 Å². The van der Waals surface area contributed by atoms with Crippen LogP contribution in [0.5, 0.6) is 5.75 Å². The fraction of sp³-hybridized carbons (Fsp3) is 0.192. The van der Waals surface area contributed by atoms with Crippen molar-refractivity contribution in [3.8, 4) is 17.1 Å². The molecule has 0 bridgehead atoms. The molecule has 0 aliphatic carbocycles. The highest BCUT2D eigenvalue weighted by Gasteiger charge is 2.15. The third kappa shape index (κ3) is 5.81. The number of carbonyl (C=O) groups is 1. The van der Waals surface area contributed by atoms with Gasteiger partial charge in [-0.05, 0) is 49.2 Å². The van der Waals surface area contributed by atoms with Crippen molar-refractivity contribution in [3.63, 3.8) is 0 Å². The summed E-state index contributed by atoms with van der Waals surface area (Å²) in [5.74, 6) is 1.73. The Hall–Kier alpha value is -3.58. The van der Waals surface area contributed by atoms with Crippen molar-refractivity contribution in [2.75, 3.05) is 11.1 Å². The zero-order valence-electron chi connectivity index (χ0n) is 18.7. The Balaban J connectivity index is 1.32. The number of hydrogen-bond acceptors (Lipinski definition) is 5. The number of nitrogens with zero attached hydrogens (tertiary/aromatic N) is 3. The maximum absolute atomic E-state index is 12.5. The molecule has 0 aliphatic rings. The van der Waals surface area contributed by atoms with Gasteiger partial charge in [0.05, 0.1) is 5.75 Å². The van der Waals surface area contributed by atoms with E-state index in [1.807, 2.05) is 77.4 Å². The van der Waals surface area contributed by atoms with Crippen LogP contribution in [0.2, 0.25) is 0 Å². The van der Waals surface area contributed by atoms with Crippen LogP contribution < -0.4 is 10.1 Å². The highest BCUT2D eigenvalue weighted by Crippen LogP contribution is 2.26. The number of anilines is 1. The summed E-state index contributed by atoms with van der Waals surface area (Å²) in [6.45, 7) is 5.34. The first kappa shape index (κ1) is 22.6. The van der Waals surface area contributed by atoms with E-state index in [0.29, 0.717) is 6.61 Å². The third-order valence-corrected chi connectivity index (χ3v) is 6.10. The number of hydrogen-bond donors (Lipinski definition) is 1. The van der Waals surface area contributed by atoms with E-state index in [1.54, 1.807) is 0 Å². The second-order valence-electron chi connectivity index (χ2n) is 7.50. The molecule has 4 aromatic rings. The lowest BCUT2D eigenvalue weighted by atomic mass is 10.1. The van der Waals surface area contributed by atoms with Gasteiger partial charge in [0.25, 0.3) is 0 Å². The molecule has 0 unspecified atom stereocenters. The number of ether oxygens (including phenoxy) is 1. The average molecular weight is 459 g/mol. The van der Waals surface area contributed by atoms with Crippen LogP contribution in [-0.4, -0.2) is 26.4 Å². The molecule has 0 atom stereocenters. The highest BCUT2D eigenvalue weighted by molar-refractivity contribution is 7.99. The lowest BCUT2D eigenvalue weighted by molar-refractivity contribution is -0.113. The molecule has 6 nitrogen and oxygen atoms in total. The topological polar surface area (TPSA) is 69.0 Å². The van der Waals surface area contributed by atoms with Crippen molar-refractivity contribution >= 4 is 23.4 Å². The predicted molar refractivity (Wildman–Crippen MR) is 132 cm³/mol. The Morgan fingerprint density at radius 2 is 1.70 bits per heavy atom. The predicted octanol–water partition coefficient (Wildman–Crippen LogP) is 5.58. The number of aromatic nitrogens is 3. The average Bonchev–Trinajstić information content (AvgIpc) is 3.26. The molecule has 3 aromatic carbocycles. The number of amides is 1. The summed E-state index contributed by atoms with van der Waals surface area (Å²) in [7, 11) is 0. The van der Waals surface area contributed by atoms with Crippen molar-refractivity contribution < 1.29 is 9.53 Å². The number of carbonyl (C=O) groups excluding carboxylic acids is 1. The molecule has 0 saturated carbocycles. The van der Waals surface area contributed by atoms with Gasteiger partial charge < -0.3 is 14.6 Å². The lowest BCUT2D eigenvalue weighted by Crippen LogP contribution is -2.14. The van der Waals surface area contributed by atoms with Gasteiger partial charge in [-0.3, -0.25) is 4.79 Å². The fourth-order valence-electron chi connectivity index (χ4n) is 3.41.